The number of rotatable bonds is 9. The maximum Gasteiger partial charge on any atom is 0.322 e. The molecule has 1 unspecified atom stereocenters. The number of furan rings is 1. The lowest BCUT2D eigenvalue weighted by molar-refractivity contribution is -0.133. The summed E-state index contributed by atoms with van der Waals surface area (Å²) >= 11 is 3.42. The van der Waals surface area contributed by atoms with E-state index < -0.39 is 0 Å². The summed E-state index contributed by atoms with van der Waals surface area (Å²) in [6, 6.07) is 14.6. The lowest BCUT2D eigenvalue weighted by Gasteiger charge is -2.31. The van der Waals surface area contributed by atoms with Gasteiger partial charge in [-0.25, -0.2) is 4.79 Å². The van der Waals surface area contributed by atoms with Crippen molar-refractivity contribution in [1.29, 1.82) is 0 Å². The van der Waals surface area contributed by atoms with Gasteiger partial charge in [0.05, 0.1) is 19.4 Å². The van der Waals surface area contributed by atoms with Crippen molar-refractivity contribution in [2.45, 2.75) is 39.4 Å². The Hall–Kier alpha value is -3.00. The summed E-state index contributed by atoms with van der Waals surface area (Å²) < 4.78 is 8.33. The molecule has 0 aliphatic heterocycles. The Morgan fingerprint density at radius 2 is 1.97 bits per heavy atom. The summed E-state index contributed by atoms with van der Waals surface area (Å²) in [7, 11) is 1.95. The molecule has 0 radical (unpaired) electrons. The van der Waals surface area contributed by atoms with Crippen LogP contribution in [0.3, 0.4) is 0 Å². The molecule has 2 aromatic heterocycles. The summed E-state index contributed by atoms with van der Waals surface area (Å²) in [5, 5.41) is 2.91. The molecule has 3 amide bonds. The minimum atomic E-state index is -0.303. The maximum atomic E-state index is 13.4. The molecule has 0 saturated heterocycles. The number of carbonyl (C=O) groups is 2. The molecule has 0 fully saturated rings. The first-order chi connectivity index (χ1) is 15.4. The SMILES string of the molecule is CCC(C)N(CC(=O)N(Cc1ccco1)Cc1cccn1C)C(=O)Nc1cccc(Br)c1. The van der Waals surface area contributed by atoms with Crippen molar-refractivity contribution in [1.82, 2.24) is 14.4 Å². The first kappa shape index (κ1) is 23.7. The quantitative estimate of drug-likeness (QED) is 0.436. The van der Waals surface area contributed by atoms with E-state index in [1.165, 1.54) is 0 Å². The molecule has 0 aliphatic carbocycles. The summed E-state index contributed by atoms with van der Waals surface area (Å²) in [5.41, 5.74) is 1.67. The third kappa shape index (κ3) is 6.26. The number of aryl methyl sites for hydroxylation is 1. The van der Waals surface area contributed by atoms with E-state index in [1.807, 2.05) is 74.1 Å². The standard InChI is InChI=1S/C24H29BrN4O3/c1-4-18(2)29(24(31)26-20-9-5-8-19(25)14-20)17-23(30)28(16-22-11-7-13-32-22)15-21-10-6-12-27(21)3/h5-14,18H,4,15-17H2,1-3H3,(H,26,31). The molecule has 0 spiro atoms. The van der Waals surface area contributed by atoms with Gasteiger partial charge >= 0.3 is 6.03 Å². The van der Waals surface area contributed by atoms with E-state index in [1.54, 1.807) is 22.1 Å². The average molecular weight is 501 g/mol. The molecule has 0 saturated carbocycles. The van der Waals surface area contributed by atoms with Gasteiger partial charge in [0.15, 0.2) is 0 Å². The highest BCUT2D eigenvalue weighted by molar-refractivity contribution is 9.10. The number of carbonyl (C=O) groups excluding carboxylic acids is 2. The third-order valence-corrected chi connectivity index (χ3v) is 5.94. The largest absolute Gasteiger partial charge is 0.467 e. The predicted octanol–water partition coefficient (Wildman–Crippen LogP) is 5.24. The fourth-order valence-corrected chi connectivity index (χ4v) is 3.73. The molecule has 1 N–H and O–H groups in total. The zero-order chi connectivity index (χ0) is 23.1. The van der Waals surface area contributed by atoms with Crippen LogP contribution < -0.4 is 5.32 Å². The predicted molar refractivity (Wildman–Crippen MR) is 128 cm³/mol. The highest BCUT2D eigenvalue weighted by atomic mass is 79.9. The number of amides is 3. The van der Waals surface area contributed by atoms with Crippen LogP contribution in [0.25, 0.3) is 0 Å². The van der Waals surface area contributed by atoms with Gasteiger partial charge in [-0.15, -0.1) is 0 Å². The van der Waals surface area contributed by atoms with E-state index in [0.717, 1.165) is 16.6 Å². The number of nitrogens with zero attached hydrogens (tertiary/aromatic N) is 3. The molecule has 32 heavy (non-hydrogen) atoms. The Morgan fingerprint density at radius 1 is 1.16 bits per heavy atom. The number of halogens is 1. The van der Waals surface area contributed by atoms with Crippen LogP contribution in [0.4, 0.5) is 10.5 Å². The van der Waals surface area contributed by atoms with Crippen LogP contribution >= 0.6 is 15.9 Å². The molecular weight excluding hydrogens is 472 g/mol. The molecule has 3 aromatic rings. The highest BCUT2D eigenvalue weighted by Gasteiger charge is 2.26. The summed E-state index contributed by atoms with van der Waals surface area (Å²) in [4.78, 5) is 29.8. The van der Waals surface area contributed by atoms with Gasteiger partial charge in [0.2, 0.25) is 5.91 Å². The fraction of sp³-hybridized carbons (Fsp3) is 0.333. The van der Waals surface area contributed by atoms with Crippen molar-refractivity contribution in [2.24, 2.45) is 7.05 Å². The lowest BCUT2D eigenvalue weighted by atomic mass is 10.2. The smallest absolute Gasteiger partial charge is 0.322 e. The topological polar surface area (TPSA) is 70.7 Å². The molecular formula is C24H29BrN4O3. The maximum absolute atomic E-state index is 13.4. The van der Waals surface area contributed by atoms with Crippen LogP contribution in [-0.4, -0.2) is 38.9 Å². The minimum Gasteiger partial charge on any atom is -0.467 e. The monoisotopic (exact) mass is 500 g/mol. The van der Waals surface area contributed by atoms with Gasteiger partial charge in [0, 0.05) is 35.1 Å². The first-order valence-corrected chi connectivity index (χ1v) is 11.4. The number of urea groups is 1. The zero-order valence-electron chi connectivity index (χ0n) is 18.6. The molecule has 7 nitrogen and oxygen atoms in total. The zero-order valence-corrected chi connectivity index (χ0v) is 20.2. The van der Waals surface area contributed by atoms with Gasteiger partial charge in [-0.3, -0.25) is 4.79 Å². The number of hydrogen-bond donors (Lipinski definition) is 1. The van der Waals surface area contributed by atoms with Crippen molar-refractivity contribution in [2.75, 3.05) is 11.9 Å². The normalized spacial score (nSPS) is 11.8. The van der Waals surface area contributed by atoms with Crippen molar-refractivity contribution in [3.8, 4) is 0 Å². The van der Waals surface area contributed by atoms with E-state index in [0.29, 0.717) is 24.5 Å². The summed E-state index contributed by atoms with van der Waals surface area (Å²) in [5.74, 6) is 0.550. The van der Waals surface area contributed by atoms with E-state index in [-0.39, 0.29) is 24.5 Å². The summed E-state index contributed by atoms with van der Waals surface area (Å²) in [6.07, 6.45) is 4.27. The number of aromatic nitrogens is 1. The number of nitrogens with one attached hydrogen (secondary N) is 1. The molecule has 1 aromatic carbocycles. The first-order valence-electron chi connectivity index (χ1n) is 10.6. The van der Waals surface area contributed by atoms with Crippen molar-refractivity contribution >= 4 is 33.6 Å². The van der Waals surface area contributed by atoms with E-state index in [4.69, 9.17) is 4.42 Å². The van der Waals surface area contributed by atoms with E-state index in [2.05, 4.69) is 21.2 Å². The van der Waals surface area contributed by atoms with Gasteiger partial charge in [-0.05, 0) is 55.8 Å². The number of hydrogen-bond acceptors (Lipinski definition) is 3. The van der Waals surface area contributed by atoms with Crippen LogP contribution in [-0.2, 0) is 24.9 Å². The van der Waals surface area contributed by atoms with Crippen LogP contribution in [0.2, 0.25) is 0 Å². The number of anilines is 1. The molecule has 1 atom stereocenters. The third-order valence-electron chi connectivity index (χ3n) is 5.45. The van der Waals surface area contributed by atoms with Crippen LogP contribution in [0, 0.1) is 0 Å². The van der Waals surface area contributed by atoms with E-state index in [9.17, 15) is 9.59 Å². The summed E-state index contributed by atoms with van der Waals surface area (Å²) in [6.45, 7) is 4.67. The Balaban J connectivity index is 1.77. The second-order valence-electron chi connectivity index (χ2n) is 7.77. The van der Waals surface area contributed by atoms with Crippen LogP contribution in [0.1, 0.15) is 31.7 Å². The Kier molecular flexibility index (Phi) is 8.16. The Labute approximate surface area is 197 Å². The average Bonchev–Trinajstić information content (AvgIpc) is 3.42. The van der Waals surface area contributed by atoms with Gasteiger partial charge in [0.1, 0.15) is 12.3 Å². The second kappa shape index (κ2) is 11.0. The van der Waals surface area contributed by atoms with Crippen molar-refractivity contribution in [3.05, 3.63) is 76.9 Å². The van der Waals surface area contributed by atoms with Crippen molar-refractivity contribution < 1.29 is 14.0 Å². The van der Waals surface area contributed by atoms with Gasteiger partial charge < -0.3 is 24.1 Å². The van der Waals surface area contributed by atoms with E-state index >= 15 is 0 Å². The Morgan fingerprint density at radius 3 is 2.59 bits per heavy atom. The minimum absolute atomic E-state index is 0.0278. The second-order valence-corrected chi connectivity index (χ2v) is 8.68. The van der Waals surface area contributed by atoms with Crippen LogP contribution in [0.5, 0.6) is 0 Å². The highest BCUT2D eigenvalue weighted by Crippen LogP contribution is 2.18. The Bertz CT molecular complexity index is 1030. The van der Waals surface area contributed by atoms with Crippen molar-refractivity contribution in [3.63, 3.8) is 0 Å². The molecule has 170 valence electrons. The molecule has 0 aliphatic rings. The van der Waals surface area contributed by atoms with Gasteiger partial charge in [0.25, 0.3) is 0 Å². The molecule has 3 rings (SSSR count). The van der Waals surface area contributed by atoms with Gasteiger partial charge in [-0.2, -0.15) is 0 Å². The fourth-order valence-electron chi connectivity index (χ4n) is 3.33. The van der Waals surface area contributed by atoms with Gasteiger partial charge in [-0.1, -0.05) is 28.9 Å². The molecule has 8 heteroatoms. The number of benzene rings is 1. The molecule has 0 bridgehead atoms. The lowest BCUT2D eigenvalue weighted by Crippen LogP contribution is -2.48. The van der Waals surface area contributed by atoms with Crippen LogP contribution in [0.15, 0.2) is 69.9 Å². The molecule has 2 heterocycles.